The molecule has 2 heteroatoms. The summed E-state index contributed by atoms with van der Waals surface area (Å²) in [7, 11) is 1.98. The van der Waals surface area contributed by atoms with Crippen molar-refractivity contribution in [2.45, 2.75) is 24.9 Å². The topological polar surface area (TPSA) is 38.0 Å². The highest BCUT2D eigenvalue weighted by Crippen LogP contribution is 2.30. The Kier molecular flexibility index (Phi) is 4.76. The standard InChI is InChI=1S/C23H26N2/c1-22(24)14-6-8-18(12-16-22)20-10-4-5-11-21(20)19-9-7-15-23(2,25-3)17-13-19/h4-17,25H,24H2,1-3H3. The zero-order valence-electron chi connectivity index (χ0n) is 15.2. The normalized spacial score (nSPS) is 28.3. The molecule has 0 spiro atoms. The van der Waals surface area contributed by atoms with Crippen LogP contribution in [-0.4, -0.2) is 18.1 Å². The van der Waals surface area contributed by atoms with Crippen molar-refractivity contribution >= 4 is 11.1 Å². The molecule has 2 aliphatic rings. The van der Waals surface area contributed by atoms with Gasteiger partial charge in [0.25, 0.3) is 0 Å². The summed E-state index contributed by atoms with van der Waals surface area (Å²) in [6.45, 7) is 4.16. The number of hydrogen-bond acceptors (Lipinski definition) is 2. The van der Waals surface area contributed by atoms with E-state index in [1.165, 1.54) is 22.3 Å². The minimum absolute atomic E-state index is 0.126. The summed E-state index contributed by atoms with van der Waals surface area (Å²) in [5.74, 6) is 0. The largest absolute Gasteiger partial charge is 0.319 e. The van der Waals surface area contributed by atoms with Crippen LogP contribution in [0.2, 0.25) is 0 Å². The van der Waals surface area contributed by atoms with E-state index in [0.717, 1.165) is 0 Å². The summed E-state index contributed by atoms with van der Waals surface area (Å²) in [6.07, 6.45) is 21.2. The number of rotatable bonds is 3. The molecule has 0 aromatic heterocycles. The van der Waals surface area contributed by atoms with Crippen LogP contribution in [0.25, 0.3) is 11.1 Å². The molecule has 0 amide bonds. The van der Waals surface area contributed by atoms with Crippen molar-refractivity contribution in [2.75, 3.05) is 7.05 Å². The second kappa shape index (κ2) is 6.83. The van der Waals surface area contributed by atoms with Gasteiger partial charge in [0.1, 0.15) is 0 Å². The Hall–Kier alpha value is -2.42. The fraction of sp³-hybridized carbons (Fsp3) is 0.217. The van der Waals surface area contributed by atoms with Gasteiger partial charge in [-0.05, 0) is 43.2 Å². The Morgan fingerprint density at radius 2 is 1.36 bits per heavy atom. The summed E-state index contributed by atoms with van der Waals surface area (Å²) in [5, 5.41) is 3.34. The van der Waals surface area contributed by atoms with E-state index in [9.17, 15) is 0 Å². The Morgan fingerprint density at radius 1 is 0.800 bits per heavy atom. The zero-order chi connectivity index (χ0) is 17.9. The van der Waals surface area contributed by atoms with Crippen molar-refractivity contribution in [2.24, 2.45) is 5.73 Å². The molecule has 3 N–H and O–H groups in total. The van der Waals surface area contributed by atoms with Crippen LogP contribution in [0.15, 0.2) is 85.0 Å². The lowest BCUT2D eigenvalue weighted by Gasteiger charge is -2.20. The van der Waals surface area contributed by atoms with E-state index in [1.807, 2.05) is 26.1 Å². The van der Waals surface area contributed by atoms with Crippen LogP contribution >= 0.6 is 0 Å². The summed E-state index contributed by atoms with van der Waals surface area (Å²) >= 11 is 0. The van der Waals surface area contributed by atoms with Gasteiger partial charge < -0.3 is 11.1 Å². The molecule has 2 atom stereocenters. The van der Waals surface area contributed by atoms with Crippen LogP contribution in [-0.2, 0) is 0 Å². The molecule has 128 valence electrons. The van der Waals surface area contributed by atoms with Gasteiger partial charge in [-0.3, -0.25) is 0 Å². The Labute approximate surface area is 150 Å². The van der Waals surface area contributed by atoms with Gasteiger partial charge in [-0.25, -0.2) is 0 Å². The Bertz CT molecular complexity index is 831. The van der Waals surface area contributed by atoms with E-state index in [2.05, 4.69) is 85.1 Å². The molecular weight excluding hydrogens is 304 g/mol. The minimum atomic E-state index is -0.411. The zero-order valence-corrected chi connectivity index (χ0v) is 15.2. The van der Waals surface area contributed by atoms with E-state index in [1.54, 1.807) is 0 Å². The van der Waals surface area contributed by atoms with Crippen LogP contribution in [0.3, 0.4) is 0 Å². The molecule has 0 heterocycles. The Morgan fingerprint density at radius 3 is 1.96 bits per heavy atom. The summed E-state index contributed by atoms with van der Waals surface area (Å²) < 4.78 is 0. The lowest BCUT2D eigenvalue weighted by molar-refractivity contribution is 0.589. The Balaban J connectivity index is 2.03. The first-order chi connectivity index (χ1) is 11.9. The molecule has 0 radical (unpaired) electrons. The first kappa shape index (κ1) is 17.4. The van der Waals surface area contributed by atoms with Gasteiger partial charge in [-0.2, -0.15) is 0 Å². The first-order valence-electron chi connectivity index (χ1n) is 8.68. The van der Waals surface area contributed by atoms with E-state index in [4.69, 9.17) is 5.73 Å². The molecule has 1 aromatic rings. The summed E-state index contributed by atoms with van der Waals surface area (Å²) in [6, 6.07) is 8.51. The van der Waals surface area contributed by atoms with E-state index in [-0.39, 0.29) is 5.54 Å². The maximum absolute atomic E-state index is 6.22. The van der Waals surface area contributed by atoms with Crippen LogP contribution in [0.4, 0.5) is 0 Å². The highest BCUT2D eigenvalue weighted by molar-refractivity contribution is 5.88. The van der Waals surface area contributed by atoms with Gasteiger partial charge in [0.2, 0.25) is 0 Å². The summed E-state index contributed by atoms with van der Waals surface area (Å²) in [4.78, 5) is 0. The highest BCUT2D eigenvalue weighted by Gasteiger charge is 2.17. The third kappa shape index (κ3) is 3.98. The van der Waals surface area contributed by atoms with Crippen molar-refractivity contribution in [1.82, 2.24) is 5.32 Å². The SMILES string of the molecule is CNC1(C)C=CC=C(c2ccccc2C2=CC=CC(C)(N)C=C2)C=C1. The van der Waals surface area contributed by atoms with Crippen LogP contribution in [0, 0.1) is 0 Å². The number of likely N-dealkylation sites (N-methyl/N-ethyl adjacent to an activating group) is 1. The van der Waals surface area contributed by atoms with Crippen LogP contribution in [0.5, 0.6) is 0 Å². The maximum Gasteiger partial charge on any atom is 0.0525 e. The van der Waals surface area contributed by atoms with Crippen molar-refractivity contribution < 1.29 is 0 Å². The molecule has 0 fully saturated rings. The van der Waals surface area contributed by atoms with Gasteiger partial charge in [-0.15, -0.1) is 0 Å². The fourth-order valence-electron chi connectivity index (χ4n) is 2.98. The van der Waals surface area contributed by atoms with Crippen molar-refractivity contribution in [3.8, 4) is 0 Å². The van der Waals surface area contributed by atoms with Crippen molar-refractivity contribution in [3.63, 3.8) is 0 Å². The van der Waals surface area contributed by atoms with Gasteiger partial charge in [0.05, 0.1) is 11.1 Å². The average Bonchev–Trinajstić information content (AvgIpc) is 2.91. The monoisotopic (exact) mass is 330 g/mol. The van der Waals surface area contributed by atoms with E-state index < -0.39 is 5.54 Å². The molecule has 25 heavy (non-hydrogen) atoms. The number of benzene rings is 1. The molecule has 0 saturated heterocycles. The highest BCUT2D eigenvalue weighted by atomic mass is 14.9. The minimum Gasteiger partial charge on any atom is -0.319 e. The third-order valence-corrected chi connectivity index (χ3v) is 4.77. The van der Waals surface area contributed by atoms with Gasteiger partial charge >= 0.3 is 0 Å². The van der Waals surface area contributed by atoms with Crippen LogP contribution in [0.1, 0.15) is 25.0 Å². The number of nitrogens with one attached hydrogen (secondary N) is 1. The number of nitrogens with two attached hydrogens (primary N) is 1. The van der Waals surface area contributed by atoms with Gasteiger partial charge in [0, 0.05) is 0 Å². The molecule has 0 saturated carbocycles. The van der Waals surface area contributed by atoms with E-state index in [0.29, 0.717) is 0 Å². The molecule has 3 rings (SSSR count). The van der Waals surface area contributed by atoms with Crippen molar-refractivity contribution in [3.05, 3.63) is 96.2 Å². The molecule has 2 aliphatic carbocycles. The molecule has 0 bridgehead atoms. The first-order valence-corrected chi connectivity index (χ1v) is 8.68. The second-order valence-electron chi connectivity index (χ2n) is 7.07. The quantitative estimate of drug-likeness (QED) is 0.862. The second-order valence-corrected chi connectivity index (χ2v) is 7.07. The lowest BCUT2D eigenvalue weighted by Crippen LogP contribution is -2.34. The van der Waals surface area contributed by atoms with Crippen LogP contribution < -0.4 is 11.1 Å². The molecule has 1 aromatic carbocycles. The predicted molar refractivity (Wildman–Crippen MR) is 109 cm³/mol. The van der Waals surface area contributed by atoms with Gasteiger partial charge in [-0.1, -0.05) is 85.0 Å². The predicted octanol–water partition coefficient (Wildman–Crippen LogP) is 4.40. The molecule has 2 nitrogen and oxygen atoms in total. The smallest absolute Gasteiger partial charge is 0.0525 e. The number of hydrogen-bond donors (Lipinski definition) is 2. The maximum atomic E-state index is 6.22. The molecular formula is C23H26N2. The van der Waals surface area contributed by atoms with Crippen molar-refractivity contribution in [1.29, 1.82) is 0 Å². The van der Waals surface area contributed by atoms with Gasteiger partial charge in [0.15, 0.2) is 0 Å². The summed E-state index contributed by atoms with van der Waals surface area (Å²) in [5.41, 5.74) is 10.5. The van der Waals surface area contributed by atoms with E-state index >= 15 is 0 Å². The molecule has 0 aliphatic heterocycles. The lowest BCUT2D eigenvalue weighted by atomic mass is 9.92. The average molecular weight is 330 g/mol. The third-order valence-electron chi connectivity index (χ3n) is 4.77. The fourth-order valence-corrected chi connectivity index (χ4v) is 2.98. The molecule has 2 unspecified atom stereocenters. The number of allylic oxidation sites excluding steroid dienone is 8.